The Morgan fingerprint density at radius 1 is 0.846 bits per heavy atom. The lowest BCUT2D eigenvalue weighted by Crippen LogP contribution is -2.33. The zero-order valence-electron chi connectivity index (χ0n) is 13.4. The number of aliphatic carboxylic acids is 1. The molecule has 0 unspecified atom stereocenters. The summed E-state index contributed by atoms with van der Waals surface area (Å²) in [6.07, 6.45) is -0.718. The number of rotatable bonds is 7. The molecular formula is C18H14Cl3NO4. The van der Waals surface area contributed by atoms with Crippen LogP contribution in [0.1, 0.15) is 17.5 Å². The average Bonchev–Trinajstić information content (AvgIpc) is 2.59. The molecule has 0 bridgehead atoms. The van der Waals surface area contributed by atoms with Crippen LogP contribution in [0.5, 0.6) is 0 Å². The molecule has 0 aliphatic rings. The largest absolute Gasteiger partial charge is 0.475 e. The van der Waals surface area contributed by atoms with Crippen LogP contribution in [0, 0.1) is 0 Å². The van der Waals surface area contributed by atoms with Crippen LogP contribution in [0.25, 0.3) is 0 Å². The molecule has 0 saturated heterocycles. The van der Waals surface area contributed by atoms with Gasteiger partial charge in [-0.2, -0.15) is 0 Å². The van der Waals surface area contributed by atoms with E-state index in [4.69, 9.17) is 39.9 Å². The van der Waals surface area contributed by atoms with Crippen molar-refractivity contribution in [2.45, 2.75) is 19.5 Å². The van der Waals surface area contributed by atoms with Gasteiger partial charge in [0.1, 0.15) is 0 Å². The van der Waals surface area contributed by atoms with E-state index < -0.39 is 24.1 Å². The van der Waals surface area contributed by atoms with Crippen LogP contribution in [0.3, 0.4) is 0 Å². The van der Waals surface area contributed by atoms with E-state index in [1.165, 1.54) is 4.90 Å². The van der Waals surface area contributed by atoms with Crippen molar-refractivity contribution in [1.82, 2.24) is 4.90 Å². The van der Waals surface area contributed by atoms with Crippen LogP contribution in [-0.4, -0.2) is 27.7 Å². The van der Waals surface area contributed by atoms with Gasteiger partial charge >= 0.3 is 5.97 Å². The van der Waals surface area contributed by atoms with Crippen molar-refractivity contribution >= 4 is 52.5 Å². The van der Waals surface area contributed by atoms with Gasteiger partial charge in [-0.3, -0.25) is 9.59 Å². The highest BCUT2D eigenvalue weighted by Crippen LogP contribution is 2.24. The molecule has 1 N–H and O–H groups in total. The number of benzene rings is 2. The fourth-order valence-electron chi connectivity index (χ4n) is 2.23. The minimum Gasteiger partial charge on any atom is -0.475 e. The molecule has 0 saturated carbocycles. The van der Waals surface area contributed by atoms with E-state index in [2.05, 4.69) is 0 Å². The van der Waals surface area contributed by atoms with Crippen LogP contribution in [0.15, 0.2) is 42.5 Å². The predicted octanol–water partition coefficient (Wildman–Crippen LogP) is 4.22. The van der Waals surface area contributed by atoms with E-state index in [9.17, 15) is 14.4 Å². The zero-order valence-corrected chi connectivity index (χ0v) is 15.7. The van der Waals surface area contributed by atoms with E-state index in [0.29, 0.717) is 20.6 Å². The number of carbonyl (C=O) groups excluding carboxylic acids is 2. The molecule has 0 aliphatic carbocycles. The number of carboxylic acid groups (broad SMARTS) is 1. The lowest BCUT2D eigenvalue weighted by atomic mass is 10.1. The topological polar surface area (TPSA) is 74.7 Å². The smallest absolute Gasteiger partial charge is 0.372 e. The zero-order chi connectivity index (χ0) is 19.3. The molecule has 0 radical (unpaired) electrons. The SMILES string of the molecule is O=C(O)C(=O)CC(=O)N(Cc1ccc(Cl)cc1)Cc1ccc(Cl)c(Cl)c1. The molecule has 0 aliphatic heterocycles. The molecular weight excluding hydrogens is 401 g/mol. The molecule has 26 heavy (non-hydrogen) atoms. The van der Waals surface area contributed by atoms with Crippen molar-refractivity contribution in [3.63, 3.8) is 0 Å². The van der Waals surface area contributed by atoms with Gasteiger partial charge < -0.3 is 10.0 Å². The lowest BCUT2D eigenvalue weighted by Gasteiger charge is -2.23. The maximum Gasteiger partial charge on any atom is 0.372 e. The standard InChI is InChI=1S/C18H14Cl3NO4/c19-13-4-1-11(2-5-13)9-22(17(24)8-16(23)18(25)26)10-12-3-6-14(20)15(21)7-12/h1-7H,8-10H2,(H,25,26). The summed E-state index contributed by atoms with van der Waals surface area (Å²) in [7, 11) is 0. The van der Waals surface area contributed by atoms with Crippen LogP contribution >= 0.6 is 34.8 Å². The Labute approximate surface area is 165 Å². The van der Waals surface area contributed by atoms with Gasteiger partial charge in [0.25, 0.3) is 0 Å². The number of nitrogens with zero attached hydrogens (tertiary/aromatic N) is 1. The van der Waals surface area contributed by atoms with E-state index in [1.54, 1.807) is 42.5 Å². The van der Waals surface area contributed by atoms with Gasteiger partial charge in [0, 0.05) is 18.1 Å². The van der Waals surface area contributed by atoms with Gasteiger partial charge in [-0.25, -0.2) is 4.79 Å². The van der Waals surface area contributed by atoms with Crippen molar-refractivity contribution in [3.8, 4) is 0 Å². The number of hydrogen-bond acceptors (Lipinski definition) is 3. The first-order valence-corrected chi connectivity index (χ1v) is 8.62. The Kier molecular flexibility index (Phi) is 7.03. The third-order valence-corrected chi connectivity index (χ3v) is 4.54. The van der Waals surface area contributed by atoms with Crippen molar-refractivity contribution in [2.24, 2.45) is 0 Å². The van der Waals surface area contributed by atoms with Gasteiger partial charge in [-0.05, 0) is 35.4 Å². The normalized spacial score (nSPS) is 10.4. The van der Waals surface area contributed by atoms with Crippen LogP contribution in [-0.2, 0) is 27.5 Å². The summed E-state index contributed by atoms with van der Waals surface area (Å²) in [5, 5.41) is 9.99. The highest BCUT2D eigenvalue weighted by Gasteiger charge is 2.22. The molecule has 0 heterocycles. The van der Waals surface area contributed by atoms with E-state index in [-0.39, 0.29) is 13.1 Å². The summed E-state index contributed by atoms with van der Waals surface area (Å²) in [5.74, 6) is -3.40. The fraction of sp³-hybridized carbons (Fsp3) is 0.167. The van der Waals surface area contributed by atoms with Gasteiger partial charge in [-0.15, -0.1) is 0 Å². The molecule has 136 valence electrons. The molecule has 0 spiro atoms. The Balaban J connectivity index is 2.22. The molecule has 0 aromatic heterocycles. The lowest BCUT2D eigenvalue weighted by molar-refractivity contribution is -0.151. The summed E-state index contributed by atoms with van der Waals surface area (Å²) in [4.78, 5) is 36.0. The first-order chi connectivity index (χ1) is 12.3. The van der Waals surface area contributed by atoms with Crippen LogP contribution in [0.4, 0.5) is 0 Å². The average molecular weight is 415 g/mol. The van der Waals surface area contributed by atoms with Crippen LogP contribution < -0.4 is 0 Å². The second-order valence-corrected chi connectivity index (χ2v) is 6.78. The predicted molar refractivity (Wildman–Crippen MR) is 99.4 cm³/mol. The Bertz CT molecular complexity index is 837. The van der Waals surface area contributed by atoms with E-state index in [1.807, 2.05) is 0 Å². The van der Waals surface area contributed by atoms with Crippen molar-refractivity contribution < 1.29 is 19.5 Å². The number of carbonyl (C=O) groups is 3. The molecule has 1 amide bonds. The van der Waals surface area contributed by atoms with Gasteiger partial charge in [0.15, 0.2) is 0 Å². The minimum atomic E-state index is -1.64. The van der Waals surface area contributed by atoms with E-state index >= 15 is 0 Å². The summed E-state index contributed by atoms with van der Waals surface area (Å²) < 4.78 is 0. The number of carboxylic acids is 1. The van der Waals surface area contributed by atoms with Gasteiger partial charge in [0.2, 0.25) is 11.7 Å². The first kappa shape index (κ1) is 20.2. The highest BCUT2D eigenvalue weighted by atomic mass is 35.5. The molecule has 0 fully saturated rings. The maximum atomic E-state index is 12.4. The van der Waals surface area contributed by atoms with Crippen molar-refractivity contribution in [1.29, 1.82) is 0 Å². The summed E-state index contributed by atoms with van der Waals surface area (Å²) in [6.45, 7) is 0.328. The fourth-order valence-corrected chi connectivity index (χ4v) is 2.67. The number of amides is 1. The van der Waals surface area contributed by atoms with Gasteiger partial charge in [-0.1, -0.05) is 53.0 Å². The number of Topliss-reactive ketones (excluding diaryl/α,β-unsaturated/α-hetero) is 1. The number of ketones is 1. The third-order valence-electron chi connectivity index (χ3n) is 3.55. The Hall–Kier alpha value is -2.08. The summed E-state index contributed by atoms with van der Waals surface area (Å²) in [6, 6.07) is 11.8. The monoisotopic (exact) mass is 413 g/mol. The van der Waals surface area contributed by atoms with Crippen LogP contribution in [0.2, 0.25) is 15.1 Å². The molecule has 8 heteroatoms. The van der Waals surface area contributed by atoms with Crippen molar-refractivity contribution in [2.75, 3.05) is 0 Å². The second kappa shape index (κ2) is 9.03. The maximum absolute atomic E-state index is 12.4. The molecule has 2 rings (SSSR count). The number of halogens is 3. The number of hydrogen-bond donors (Lipinski definition) is 1. The molecule has 2 aromatic carbocycles. The highest BCUT2D eigenvalue weighted by molar-refractivity contribution is 6.42. The Morgan fingerprint density at radius 2 is 1.42 bits per heavy atom. The second-order valence-electron chi connectivity index (χ2n) is 5.53. The molecule has 0 atom stereocenters. The molecule has 5 nitrogen and oxygen atoms in total. The Morgan fingerprint density at radius 3 is 2.00 bits per heavy atom. The van der Waals surface area contributed by atoms with Crippen molar-refractivity contribution in [3.05, 3.63) is 68.7 Å². The quantitative estimate of drug-likeness (QED) is 0.544. The molecule has 2 aromatic rings. The summed E-state index contributed by atoms with van der Waals surface area (Å²) >= 11 is 17.8. The minimum absolute atomic E-state index is 0.144. The summed E-state index contributed by atoms with van der Waals surface area (Å²) in [5.41, 5.74) is 1.48. The van der Waals surface area contributed by atoms with Gasteiger partial charge in [0.05, 0.1) is 16.5 Å². The third kappa shape index (κ3) is 5.73. The van der Waals surface area contributed by atoms with E-state index in [0.717, 1.165) is 5.56 Å². The first-order valence-electron chi connectivity index (χ1n) is 7.48.